The average Bonchev–Trinajstić information content (AvgIpc) is 2.71. The van der Waals surface area contributed by atoms with Gasteiger partial charge in [0.25, 0.3) is 5.91 Å². The topological polar surface area (TPSA) is 38.3 Å². The SMILES string of the molecule is COc1ccc(NC(=O)c2csc(C)c2C)cc1. The molecule has 0 radical (unpaired) electrons. The van der Waals surface area contributed by atoms with Gasteiger partial charge in [0.15, 0.2) is 0 Å². The maximum atomic E-state index is 12.1. The lowest BCUT2D eigenvalue weighted by atomic mass is 10.1. The fraction of sp³-hybridized carbons (Fsp3) is 0.214. The van der Waals surface area contributed by atoms with Gasteiger partial charge in [0.05, 0.1) is 12.7 Å². The molecule has 0 aliphatic carbocycles. The predicted octanol–water partition coefficient (Wildman–Crippen LogP) is 3.63. The Morgan fingerprint density at radius 1 is 1.22 bits per heavy atom. The van der Waals surface area contributed by atoms with Crippen LogP contribution in [0.5, 0.6) is 5.75 Å². The summed E-state index contributed by atoms with van der Waals surface area (Å²) in [6.45, 7) is 3.99. The van der Waals surface area contributed by atoms with E-state index in [4.69, 9.17) is 4.74 Å². The van der Waals surface area contributed by atoms with E-state index in [1.165, 1.54) is 4.88 Å². The van der Waals surface area contributed by atoms with E-state index in [2.05, 4.69) is 5.32 Å². The number of ether oxygens (including phenoxy) is 1. The summed E-state index contributed by atoms with van der Waals surface area (Å²) in [7, 11) is 1.62. The van der Waals surface area contributed by atoms with E-state index in [9.17, 15) is 4.79 Å². The predicted molar refractivity (Wildman–Crippen MR) is 74.7 cm³/mol. The lowest BCUT2D eigenvalue weighted by Gasteiger charge is -2.06. The van der Waals surface area contributed by atoms with E-state index in [0.717, 1.165) is 22.6 Å². The van der Waals surface area contributed by atoms with E-state index in [1.807, 2.05) is 43.5 Å². The smallest absolute Gasteiger partial charge is 0.256 e. The zero-order valence-electron chi connectivity index (χ0n) is 10.6. The molecule has 1 N–H and O–H groups in total. The third-order valence-corrected chi connectivity index (χ3v) is 3.89. The Kier molecular flexibility index (Phi) is 3.67. The van der Waals surface area contributed by atoms with E-state index in [0.29, 0.717) is 0 Å². The van der Waals surface area contributed by atoms with Crippen LogP contribution in [0.15, 0.2) is 29.6 Å². The molecule has 0 fully saturated rings. The zero-order valence-corrected chi connectivity index (χ0v) is 11.4. The molecule has 2 aromatic rings. The van der Waals surface area contributed by atoms with Gasteiger partial charge in [-0.15, -0.1) is 11.3 Å². The van der Waals surface area contributed by atoms with Crippen LogP contribution in [0.25, 0.3) is 0 Å². The van der Waals surface area contributed by atoms with Gasteiger partial charge >= 0.3 is 0 Å². The summed E-state index contributed by atoms with van der Waals surface area (Å²) in [4.78, 5) is 13.2. The second-order valence-corrected chi connectivity index (χ2v) is 5.10. The highest BCUT2D eigenvalue weighted by molar-refractivity contribution is 7.10. The molecule has 1 amide bonds. The molecule has 0 aliphatic heterocycles. The van der Waals surface area contributed by atoms with Crippen molar-refractivity contribution in [3.63, 3.8) is 0 Å². The van der Waals surface area contributed by atoms with Gasteiger partial charge < -0.3 is 10.1 Å². The molecule has 0 atom stereocenters. The van der Waals surface area contributed by atoms with Crippen molar-refractivity contribution in [1.29, 1.82) is 0 Å². The number of anilines is 1. The number of aryl methyl sites for hydroxylation is 1. The van der Waals surface area contributed by atoms with Gasteiger partial charge in [0, 0.05) is 15.9 Å². The van der Waals surface area contributed by atoms with Crippen molar-refractivity contribution in [2.75, 3.05) is 12.4 Å². The number of rotatable bonds is 3. The standard InChI is InChI=1S/C14H15NO2S/c1-9-10(2)18-8-13(9)14(16)15-11-4-6-12(17-3)7-5-11/h4-8H,1-3H3,(H,15,16). The first-order chi connectivity index (χ1) is 8.61. The highest BCUT2D eigenvalue weighted by atomic mass is 32.1. The molecule has 0 spiro atoms. The van der Waals surface area contributed by atoms with Gasteiger partial charge in [0.1, 0.15) is 5.75 Å². The lowest BCUT2D eigenvalue weighted by Crippen LogP contribution is -2.12. The molecule has 3 nitrogen and oxygen atoms in total. The molecule has 2 rings (SSSR count). The molecule has 0 unspecified atom stereocenters. The highest BCUT2D eigenvalue weighted by Crippen LogP contribution is 2.22. The first-order valence-electron chi connectivity index (χ1n) is 5.62. The molecule has 4 heteroatoms. The molecule has 1 aromatic carbocycles. The second kappa shape index (κ2) is 5.23. The molecule has 0 aliphatic rings. The normalized spacial score (nSPS) is 10.2. The Balaban J connectivity index is 2.13. The van der Waals surface area contributed by atoms with Crippen molar-refractivity contribution >= 4 is 22.9 Å². The molecule has 18 heavy (non-hydrogen) atoms. The van der Waals surface area contributed by atoms with E-state index < -0.39 is 0 Å². The summed E-state index contributed by atoms with van der Waals surface area (Å²) < 4.78 is 5.07. The summed E-state index contributed by atoms with van der Waals surface area (Å²) in [5, 5.41) is 4.77. The largest absolute Gasteiger partial charge is 0.497 e. The quantitative estimate of drug-likeness (QED) is 0.916. The minimum atomic E-state index is -0.0676. The van der Waals surface area contributed by atoms with Crippen LogP contribution in [0, 0.1) is 13.8 Å². The zero-order chi connectivity index (χ0) is 13.1. The van der Waals surface area contributed by atoms with Crippen molar-refractivity contribution in [2.45, 2.75) is 13.8 Å². The van der Waals surface area contributed by atoms with Gasteiger partial charge in [-0.3, -0.25) is 4.79 Å². The number of hydrogen-bond donors (Lipinski definition) is 1. The molecular weight excluding hydrogens is 246 g/mol. The molecule has 1 heterocycles. The molecule has 0 bridgehead atoms. The summed E-state index contributed by atoms with van der Waals surface area (Å²) in [5.41, 5.74) is 2.56. The second-order valence-electron chi connectivity index (χ2n) is 4.01. The van der Waals surface area contributed by atoms with Crippen LogP contribution >= 0.6 is 11.3 Å². The third kappa shape index (κ3) is 2.54. The van der Waals surface area contributed by atoms with Crippen molar-refractivity contribution in [2.24, 2.45) is 0 Å². The van der Waals surface area contributed by atoms with Gasteiger partial charge in [-0.05, 0) is 43.7 Å². The number of hydrogen-bond acceptors (Lipinski definition) is 3. The van der Waals surface area contributed by atoms with Gasteiger partial charge in [-0.2, -0.15) is 0 Å². The Morgan fingerprint density at radius 2 is 1.89 bits per heavy atom. The summed E-state index contributed by atoms with van der Waals surface area (Å²) >= 11 is 1.60. The number of carbonyl (C=O) groups excluding carboxylic acids is 1. The van der Waals surface area contributed by atoms with Gasteiger partial charge in [-0.1, -0.05) is 0 Å². The summed E-state index contributed by atoms with van der Waals surface area (Å²) in [6.07, 6.45) is 0. The molecule has 0 saturated heterocycles. The van der Waals surface area contributed by atoms with Gasteiger partial charge in [0.2, 0.25) is 0 Å². The van der Waals surface area contributed by atoms with Crippen LogP contribution in [0.4, 0.5) is 5.69 Å². The average molecular weight is 261 g/mol. The maximum absolute atomic E-state index is 12.1. The summed E-state index contributed by atoms with van der Waals surface area (Å²) in [6, 6.07) is 7.29. The minimum absolute atomic E-state index is 0.0676. The monoisotopic (exact) mass is 261 g/mol. The molecular formula is C14H15NO2S. The van der Waals surface area contributed by atoms with Crippen molar-refractivity contribution in [3.8, 4) is 5.75 Å². The van der Waals surface area contributed by atoms with Gasteiger partial charge in [-0.25, -0.2) is 0 Å². The first-order valence-corrected chi connectivity index (χ1v) is 6.50. The van der Waals surface area contributed by atoms with Crippen LogP contribution in [0.1, 0.15) is 20.8 Å². The van der Waals surface area contributed by atoms with Crippen LogP contribution in [0.3, 0.4) is 0 Å². The third-order valence-electron chi connectivity index (χ3n) is 2.88. The van der Waals surface area contributed by atoms with Crippen LogP contribution in [-0.2, 0) is 0 Å². The number of methoxy groups -OCH3 is 1. The summed E-state index contributed by atoms with van der Waals surface area (Å²) in [5.74, 6) is 0.706. The Hall–Kier alpha value is -1.81. The number of benzene rings is 1. The fourth-order valence-corrected chi connectivity index (χ4v) is 2.48. The first kappa shape index (κ1) is 12.6. The molecule has 0 saturated carbocycles. The van der Waals surface area contributed by atoms with E-state index >= 15 is 0 Å². The Bertz CT molecular complexity index is 558. The molecule has 94 valence electrons. The van der Waals surface area contributed by atoms with E-state index in [-0.39, 0.29) is 5.91 Å². The van der Waals surface area contributed by atoms with Crippen molar-refractivity contribution in [1.82, 2.24) is 0 Å². The highest BCUT2D eigenvalue weighted by Gasteiger charge is 2.12. The van der Waals surface area contributed by atoms with Crippen molar-refractivity contribution in [3.05, 3.63) is 45.6 Å². The number of carbonyl (C=O) groups is 1. The Labute approximate surface area is 110 Å². The number of amides is 1. The molecule has 1 aromatic heterocycles. The van der Waals surface area contributed by atoms with E-state index in [1.54, 1.807) is 18.4 Å². The van der Waals surface area contributed by atoms with Crippen LogP contribution < -0.4 is 10.1 Å². The number of thiophene rings is 1. The van der Waals surface area contributed by atoms with Crippen LogP contribution in [0.2, 0.25) is 0 Å². The fourth-order valence-electron chi connectivity index (χ4n) is 1.61. The number of nitrogens with one attached hydrogen (secondary N) is 1. The Morgan fingerprint density at radius 3 is 2.39 bits per heavy atom. The lowest BCUT2D eigenvalue weighted by molar-refractivity contribution is 0.102. The van der Waals surface area contributed by atoms with Crippen molar-refractivity contribution < 1.29 is 9.53 Å². The van der Waals surface area contributed by atoms with Crippen LogP contribution in [-0.4, -0.2) is 13.0 Å². The maximum Gasteiger partial charge on any atom is 0.256 e. The minimum Gasteiger partial charge on any atom is -0.497 e.